The van der Waals surface area contributed by atoms with E-state index in [0.717, 1.165) is 11.4 Å². The number of fused-ring (bicyclic) bond motifs is 1. The highest BCUT2D eigenvalue weighted by molar-refractivity contribution is 6.01. The Morgan fingerprint density at radius 2 is 1.77 bits per heavy atom. The predicted molar refractivity (Wildman–Crippen MR) is 114 cm³/mol. The van der Waals surface area contributed by atoms with Gasteiger partial charge in [0.1, 0.15) is 5.56 Å². The van der Waals surface area contributed by atoms with E-state index in [-0.39, 0.29) is 12.3 Å². The van der Waals surface area contributed by atoms with Gasteiger partial charge in [-0.15, -0.1) is 0 Å². The third-order valence-corrected chi connectivity index (χ3v) is 5.01. The molecule has 1 aromatic carbocycles. The number of methoxy groups -OCH3 is 3. The van der Waals surface area contributed by atoms with Crippen molar-refractivity contribution in [1.29, 1.82) is 0 Å². The van der Waals surface area contributed by atoms with Gasteiger partial charge in [-0.3, -0.25) is 9.59 Å². The number of nitrogens with zero attached hydrogens (tertiary/aromatic N) is 3. The van der Waals surface area contributed by atoms with Crippen molar-refractivity contribution in [3.63, 3.8) is 0 Å². The number of hydrogen-bond acceptors (Lipinski definition) is 7. The summed E-state index contributed by atoms with van der Waals surface area (Å²) in [6.45, 7) is 5.52. The standard InChI is InChI=1S/C22H26N4O5/c1-12-9-13(2)26-21(23-12)20(14(3)25-26)22(28)24-16(11-19(27)31-6)15-7-8-17(29-4)18(10-15)30-5/h7-10,16H,11H2,1-6H3,(H,24,28). The zero-order chi connectivity index (χ0) is 22.7. The first kappa shape index (κ1) is 22.1. The maximum Gasteiger partial charge on any atom is 0.307 e. The Kier molecular flexibility index (Phi) is 6.43. The number of rotatable bonds is 7. The quantitative estimate of drug-likeness (QED) is 0.579. The number of benzene rings is 1. The maximum atomic E-state index is 13.3. The van der Waals surface area contributed by atoms with Gasteiger partial charge in [0.15, 0.2) is 17.1 Å². The Labute approximate surface area is 180 Å². The van der Waals surface area contributed by atoms with Crippen LogP contribution in [0.3, 0.4) is 0 Å². The number of esters is 1. The topological polar surface area (TPSA) is 104 Å². The van der Waals surface area contributed by atoms with Crippen LogP contribution in [0, 0.1) is 20.8 Å². The number of carbonyl (C=O) groups is 2. The van der Waals surface area contributed by atoms with Crippen LogP contribution in [0.5, 0.6) is 11.5 Å². The second-order valence-electron chi connectivity index (χ2n) is 7.16. The van der Waals surface area contributed by atoms with Gasteiger partial charge in [-0.05, 0) is 44.5 Å². The number of carbonyl (C=O) groups excluding carboxylic acids is 2. The smallest absolute Gasteiger partial charge is 0.307 e. The van der Waals surface area contributed by atoms with E-state index in [2.05, 4.69) is 15.4 Å². The van der Waals surface area contributed by atoms with Gasteiger partial charge in [-0.1, -0.05) is 6.07 Å². The van der Waals surface area contributed by atoms with Crippen LogP contribution in [0.1, 0.15) is 45.5 Å². The van der Waals surface area contributed by atoms with Crippen LogP contribution in [-0.4, -0.2) is 47.8 Å². The minimum Gasteiger partial charge on any atom is -0.493 e. The molecular formula is C22H26N4O5. The lowest BCUT2D eigenvalue weighted by molar-refractivity contribution is -0.141. The van der Waals surface area contributed by atoms with E-state index in [4.69, 9.17) is 14.2 Å². The summed E-state index contributed by atoms with van der Waals surface area (Å²) in [6, 6.07) is 6.46. The van der Waals surface area contributed by atoms with Crippen LogP contribution >= 0.6 is 0 Å². The molecule has 3 aromatic rings. The van der Waals surface area contributed by atoms with Gasteiger partial charge in [-0.25, -0.2) is 9.50 Å². The number of ether oxygens (including phenoxy) is 3. The van der Waals surface area contributed by atoms with Crippen molar-refractivity contribution in [1.82, 2.24) is 19.9 Å². The van der Waals surface area contributed by atoms with E-state index in [1.165, 1.54) is 21.3 Å². The van der Waals surface area contributed by atoms with E-state index in [9.17, 15) is 9.59 Å². The lowest BCUT2D eigenvalue weighted by atomic mass is 10.0. The van der Waals surface area contributed by atoms with Crippen LogP contribution in [0.4, 0.5) is 0 Å². The van der Waals surface area contributed by atoms with Gasteiger partial charge < -0.3 is 19.5 Å². The number of aryl methyl sites for hydroxylation is 3. The molecule has 2 heterocycles. The van der Waals surface area contributed by atoms with Crippen LogP contribution in [0.25, 0.3) is 5.65 Å². The van der Waals surface area contributed by atoms with Crippen LogP contribution in [-0.2, 0) is 9.53 Å². The number of amides is 1. The molecule has 1 amide bonds. The highest BCUT2D eigenvalue weighted by atomic mass is 16.5. The lowest BCUT2D eigenvalue weighted by Crippen LogP contribution is -2.31. The first-order valence-corrected chi connectivity index (χ1v) is 9.72. The normalized spacial score (nSPS) is 11.8. The van der Waals surface area contributed by atoms with Crippen LogP contribution in [0.15, 0.2) is 24.3 Å². The molecule has 1 N–H and O–H groups in total. The Bertz CT molecular complexity index is 1140. The average Bonchev–Trinajstić information content (AvgIpc) is 3.08. The van der Waals surface area contributed by atoms with Gasteiger partial charge in [0.2, 0.25) is 0 Å². The largest absolute Gasteiger partial charge is 0.493 e. The predicted octanol–water partition coefficient (Wildman–Crippen LogP) is 2.71. The average molecular weight is 426 g/mol. The molecule has 1 atom stereocenters. The summed E-state index contributed by atoms with van der Waals surface area (Å²) in [5.74, 6) is 0.197. The fraction of sp³-hybridized carbons (Fsp3) is 0.364. The van der Waals surface area contributed by atoms with Crippen LogP contribution < -0.4 is 14.8 Å². The third kappa shape index (κ3) is 4.45. The number of aromatic nitrogens is 3. The van der Waals surface area contributed by atoms with E-state index in [0.29, 0.717) is 34.0 Å². The molecule has 0 saturated heterocycles. The maximum absolute atomic E-state index is 13.3. The molecule has 0 radical (unpaired) electrons. The Balaban J connectivity index is 2.01. The molecule has 0 aliphatic heterocycles. The first-order chi connectivity index (χ1) is 14.8. The van der Waals surface area contributed by atoms with Gasteiger partial charge in [-0.2, -0.15) is 5.10 Å². The molecular weight excluding hydrogens is 400 g/mol. The highest BCUT2D eigenvalue weighted by Crippen LogP contribution is 2.31. The summed E-state index contributed by atoms with van der Waals surface area (Å²) in [5, 5.41) is 7.38. The molecule has 0 spiro atoms. The molecule has 9 nitrogen and oxygen atoms in total. The second kappa shape index (κ2) is 9.03. The number of hydrogen-bond donors (Lipinski definition) is 1. The Morgan fingerprint density at radius 1 is 1.06 bits per heavy atom. The number of nitrogens with one attached hydrogen (secondary N) is 1. The molecule has 0 bridgehead atoms. The monoisotopic (exact) mass is 426 g/mol. The fourth-order valence-electron chi connectivity index (χ4n) is 3.50. The summed E-state index contributed by atoms with van der Waals surface area (Å²) < 4.78 is 17.1. The molecule has 3 rings (SSSR count). The van der Waals surface area contributed by atoms with Crippen molar-refractivity contribution < 1.29 is 23.8 Å². The second-order valence-corrected chi connectivity index (χ2v) is 7.16. The fourth-order valence-corrected chi connectivity index (χ4v) is 3.50. The van der Waals surface area contributed by atoms with Crippen molar-refractivity contribution >= 4 is 17.5 Å². The van der Waals surface area contributed by atoms with Crippen molar-refractivity contribution in [2.45, 2.75) is 33.2 Å². The molecule has 0 saturated carbocycles. The van der Waals surface area contributed by atoms with Crippen molar-refractivity contribution in [2.75, 3.05) is 21.3 Å². The summed E-state index contributed by atoms with van der Waals surface area (Å²) in [5.41, 5.74) is 3.70. The summed E-state index contributed by atoms with van der Waals surface area (Å²) in [4.78, 5) is 29.8. The lowest BCUT2D eigenvalue weighted by Gasteiger charge is -2.19. The third-order valence-electron chi connectivity index (χ3n) is 5.01. The molecule has 164 valence electrons. The van der Waals surface area contributed by atoms with Gasteiger partial charge in [0, 0.05) is 11.4 Å². The minimum atomic E-state index is -0.653. The molecule has 0 aliphatic carbocycles. The van der Waals surface area contributed by atoms with E-state index in [1.54, 1.807) is 29.6 Å². The summed E-state index contributed by atoms with van der Waals surface area (Å²) >= 11 is 0. The Hall–Kier alpha value is -3.62. The van der Waals surface area contributed by atoms with Crippen molar-refractivity contribution in [2.24, 2.45) is 0 Å². The van der Waals surface area contributed by atoms with Crippen LogP contribution in [0.2, 0.25) is 0 Å². The molecule has 1 unspecified atom stereocenters. The molecule has 2 aromatic heterocycles. The molecule has 31 heavy (non-hydrogen) atoms. The van der Waals surface area contributed by atoms with E-state index < -0.39 is 12.0 Å². The van der Waals surface area contributed by atoms with Gasteiger partial charge >= 0.3 is 5.97 Å². The minimum absolute atomic E-state index is 0.0541. The molecule has 9 heteroatoms. The zero-order valence-electron chi connectivity index (χ0n) is 18.5. The first-order valence-electron chi connectivity index (χ1n) is 9.72. The SMILES string of the molecule is COC(=O)CC(NC(=O)c1c(C)nn2c(C)cc(C)nc12)c1ccc(OC)c(OC)c1. The van der Waals surface area contributed by atoms with E-state index >= 15 is 0 Å². The summed E-state index contributed by atoms with van der Waals surface area (Å²) in [7, 11) is 4.37. The van der Waals surface area contributed by atoms with Crippen molar-refractivity contribution in [3.05, 3.63) is 52.5 Å². The zero-order valence-corrected chi connectivity index (χ0v) is 18.5. The van der Waals surface area contributed by atoms with Gasteiger partial charge in [0.25, 0.3) is 5.91 Å². The molecule has 0 aliphatic rings. The van der Waals surface area contributed by atoms with Gasteiger partial charge in [0.05, 0.1) is 39.5 Å². The summed E-state index contributed by atoms with van der Waals surface area (Å²) in [6.07, 6.45) is -0.0541. The van der Waals surface area contributed by atoms with E-state index in [1.807, 2.05) is 19.9 Å². The Morgan fingerprint density at radius 3 is 2.42 bits per heavy atom. The van der Waals surface area contributed by atoms with Crippen molar-refractivity contribution in [3.8, 4) is 11.5 Å². The highest BCUT2D eigenvalue weighted by Gasteiger charge is 2.25. The molecule has 0 fully saturated rings.